The van der Waals surface area contributed by atoms with E-state index in [9.17, 15) is 4.79 Å². The van der Waals surface area contributed by atoms with E-state index >= 15 is 0 Å². The second kappa shape index (κ2) is 3.34. The van der Waals surface area contributed by atoms with Gasteiger partial charge >= 0.3 is 0 Å². The van der Waals surface area contributed by atoms with Gasteiger partial charge in [-0.15, -0.1) is 0 Å². The summed E-state index contributed by atoms with van der Waals surface area (Å²) in [5.41, 5.74) is 1.47. The van der Waals surface area contributed by atoms with Gasteiger partial charge in [0.1, 0.15) is 6.07 Å². The van der Waals surface area contributed by atoms with E-state index in [0.717, 1.165) is 31.3 Å². The lowest BCUT2D eigenvalue weighted by Crippen LogP contribution is -1.96. The first-order valence-corrected chi connectivity index (χ1v) is 3.88. The molecule has 0 aliphatic heterocycles. The third-order valence-corrected chi connectivity index (χ3v) is 2.02. The molecule has 0 atom stereocenters. The van der Waals surface area contributed by atoms with Crippen molar-refractivity contribution in [2.75, 3.05) is 0 Å². The van der Waals surface area contributed by atoms with Crippen molar-refractivity contribution >= 4 is 5.78 Å². The number of Topliss-reactive ketones (excluding diaryl/α,β-unsaturated/α-hetero) is 1. The van der Waals surface area contributed by atoms with Crippen molar-refractivity contribution in [2.45, 2.75) is 32.6 Å². The largest absolute Gasteiger partial charge is 0.294 e. The van der Waals surface area contributed by atoms with E-state index in [-0.39, 0.29) is 5.78 Å². The smallest absolute Gasteiger partial charge is 0.170 e. The van der Waals surface area contributed by atoms with E-state index in [1.165, 1.54) is 6.92 Å². The average Bonchev–Trinajstić information content (AvgIpc) is 2.40. The molecule has 0 bridgehead atoms. The normalized spacial score (nSPS) is 16.2. The molecule has 2 heteroatoms. The van der Waals surface area contributed by atoms with Crippen LogP contribution in [0.4, 0.5) is 0 Å². The minimum absolute atomic E-state index is 0.0793. The maximum Gasteiger partial charge on any atom is 0.170 e. The molecule has 0 aromatic rings. The molecule has 0 amide bonds. The summed E-state index contributed by atoms with van der Waals surface area (Å²) in [5.74, 6) is -0.0793. The Morgan fingerprint density at radius 1 is 1.45 bits per heavy atom. The molecule has 0 N–H and O–H groups in total. The Hall–Kier alpha value is -1.10. The Morgan fingerprint density at radius 2 is 2.00 bits per heavy atom. The predicted octanol–water partition coefficient (Wildman–Crippen LogP) is 1.97. The number of hydrogen-bond donors (Lipinski definition) is 0. The summed E-state index contributed by atoms with van der Waals surface area (Å²) in [5, 5.41) is 8.63. The molecule has 0 radical (unpaired) electrons. The Labute approximate surface area is 66.5 Å². The summed E-state index contributed by atoms with van der Waals surface area (Å²) in [6.45, 7) is 1.46. The van der Waals surface area contributed by atoms with Crippen molar-refractivity contribution in [2.24, 2.45) is 0 Å². The second-order valence-electron chi connectivity index (χ2n) is 2.85. The maximum absolute atomic E-state index is 10.9. The monoisotopic (exact) mass is 149 g/mol. The highest BCUT2D eigenvalue weighted by Gasteiger charge is 2.14. The lowest BCUT2D eigenvalue weighted by atomic mass is 10.1. The third-order valence-electron chi connectivity index (χ3n) is 2.02. The van der Waals surface area contributed by atoms with E-state index < -0.39 is 0 Å². The van der Waals surface area contributed by atoms with Crippen molar-refractivity contribution in [1.29, 1.82) is 5.26 Å². The van der Waals surface area contributed by atoms with Crippen molar-refractivity contribution in [3.8, 4) is 6.07 Å². The highest BCUT2D eigenvalue weighted by Crippen LogP contribution is 2.26. The molecule has 0 aromatic heterocycles. The van der Waals surface area contributed by atoms with Gasteiger partial charge in [-0.3, -0.25) is 4.79 Å². The van der Waals surface area contributed by atoms with Crippen LogP contribution in [0.5, 0.6) is 0 Å². The Morgan fingerprint density at radius 3 is 2.36 bits per heavy atom. The number of carbonyl (C=O) groups is 1. The van der Waals surface area contributed by atoms with Gasteiger partial charge in [0, 0.05) is 0 Å². The van der Waals surface area contributed by atoms with Crippen molar-refractivity contribution in [1.82, 2.24) is 0 Å². The first-order valence-electron chi connectivity index (χ1n) is 3.88. The molecule has 1 saturated carbocycles. The zero-order chi connectivity index (χ0) is 8.27. The molecule has 0 unspecified atom stereocenters. The van der Waals surface area contributed by atoms with Crippen LogP contribution < -0.4 is 0 Å². The highest BCUT2D eigenvalue weighted by molar-refractivity contribution is 5.97. The lowest BCUT2D eigenvalue weighted by Gasteiger charge is -1.96. The molecule has 0 spiro atoms. The summed E-state index contributed by atoms with van der Waals surface area (Å²) < 4.78 is 0. The summed E-state index contributed by atoms with van der Waals surface area (Å²) in [7, 11) is 0. The van der Waals surface area contributed by atoms with Gasteiger partial charge in [0.15, 0.2) is 5.78 Å². The van der Waals surface area contributed by atoms with Crippen molar-refractivity contribution < 1.29 is 4.79 Å². The first-order chi connectivity index (χ1) is 5.25. The Bertz CT molecular complexity index is 237. The minimum atomic E-state index is -0.0793. The number of ketones is 1. The summed E-state index contributed by atoms with van der Waals surface area (Å²) in [6.07, 6.45) is 4.16. The average molecular weight is 149 g/mol. The molecule has 0 saturated heterocycles. The van der Waals surface area contributed by atoms with E-state index in [1.54, 1.807) is 0 Å². The molecule has 0 heterocycles. The molecular weight excluding hydrogens is 138 g/mol. The van der Waals surface area contributed by atoms with Gasteiger partial charge in [0.2, 0.25) is 0 Å². The number of rotatable bonds is 1. The fraction of sp³-hybridized carbons (Fsp3) is 0.556. The zero-order valence-electron chi connectivity index (χ0n) is 6.68. The lowest BCUT2D eigenvalue weighted by molar-refractivity contribution is -0.113. The van der Waals surface area contributed by atoms with Crippen LogP contribution in [0.15, 0.2) is 11.1 Å². The molecule has 1 aliphatic carbocycles. The second-order valence-corrected chi connectivity index (χ2v) is 2.85. The van der Waals surface area contributed by atoms with Gasteiger partial charge in [-0.2, -0.15) is 5.26 Å². The van der Waals surface area contributed by atoms with E-state index in [0.29, 0.717) is 5.57 Å². The van der Waals surface area contributed by atoms with E-state index in [2.05, 4.69) is 0 Å². The van der Waals surface area contributed by atoms with Crippen LogP contribution in [-0.4, -0.2) is 5.78 Å². The number of nitrogens with zero attached hydrogens (tertiary/aromatic N) is 1. The molecule has 0 aromatic carbocycles. The van der Waals surface area contributed by atoms with Crippen LogP contribution >= 0.6 is 0 Å². The number of hydrogen-bond acceptors (Lipinski definition) is 2. The quantitative estimate of drug-likeness (QED) is 0.422. The Kier molecular flexibility index (Phi) is 2.43. The van der Waals surface area contributed by atoms with Crippen LogP contribution in [0.25, 0.3) is 0 Å². The van der Waals surface area contributed by atoms with Crippen LogP contribution in [0.3, 0.4) is 0 Å². The van der Waals surface area contributed by atoms with Gasteiger partial charge < -0.3 is 0 Å². The summed E-state index contributed by atoms with van der Waals surface area (Å²) in [6, 6.07) is 1.97. The van der Waals surface area contributed by atoms with Crippen LogP contribution in [0.1, 0.15) is 32.6 Å². The number of allylic oxidation sites excluding steroid dienone is 2. The predicted molar refractivity (Wildman–Crippen MR) is 41.8 cm³/mol. The van der Waals surface area contributed by atoms with Gasteiger partial charge in [0.25, 0.3) is 0 Å². The minimum Gasteiger partial charge on any atom is -0.294 e. The van der Waals surface area contributed by atoms with E-state index in [4.69, 9.17) is 5.26 Å². The fourth-order valence-corrected chi connectivity index (χ4v) is 1.46. The van der Waals surface area contributed by atoms with Crippen LogP contribution in [0.2, 0.25) is 0 Å². The molecular formula is C9H11NO. The molecule has 1 rings (SSSR count). The van der Waals surface area contributed by atoms with Crippen molar-refractivity contribution in [3.05, 3.63) is 11.1 Å². The van der Waals surface area contributed by atoms with Gasteiger partial charge in [0.05, 0.1) is 5.57 Å². The van der Waals surface area contributed by atoms with Crippen LogP contribution in [0, 0.1) is 11.3 Å². The molecule has 2 nitrogen and oxygen atoms in total. The fourth-order valence-electron chi connectivity index (χ4n) is 1.46. The number of nitriles is 1. The molecule has 1 aliphatic rings. The van der Waals surface area contributed by atoms with E-state index in [1.807, 2.05) is 6.07 Å². The SMILES string of the molecule is CC(=O)C(C#N)=C1CCCC1. The standard InChI is InChI=1S/C9H11NO/c1-7(11)9(6-10)8-4-2-3-5-8/h2-5H2,1H3. The highest BCUT2D eigenvalue weighted by atomic mass is 16.1. The molecule has 1 fully saturated rings. The Balaban J connectivity index is 2.90. The third kappa shape index (κ3) is 1.68. The summed E-state index contributed by atoms with van der Waals surface area (Å²) >= 11 is 0. The maximum atomic E-state index is 10.9. The molecule has 11 heavy (non-hydrogen) atoms. The first kappa shape index (κ1) is 8.00. The number of carbonyl (C=O) groups excluding carboxylic acids is 1. The van der Waals surface area contributed by atoms with Gasteiger partial charge in [-0.25, -0.2) is 0 Å². The zero-order valence-corrected chi connectivity index (χ0v) is 6.68. The van der Waals surface area contributed by atoms with Gasteiger partial charge in [-0.05, 0) is 38.2 Å². The van der Waals surface area contributed by atoms with Crippen molar-refractivity contribution in [3.63, 3.8) is 0 Å². The summed E-state index contributed by atoms with van der Waals surface area (Å²) in [4.78, 5) is 10.9. The van der Waals surface area contributed by atoms with Crippen LogP contribution in [-0.2, 0) is 4.79 Å². The molecule has 58 valence electrons. The topological polar surface area (TPSA) is 40.9 Å². The van der Waals surface area contributed by atoms with Gasteiger partial charge in [-0.1, -0.05) is 0 Å².